The van der Waals surface area contributed by atoms with Gasteiger partial charge in [0, 0.05) is 30.9 Å². The summed E-state index contributed by atoms with van der Waals surface area (Å²) in [6, 6.07) is 4.91. The Morgan fingerprint density at radius 3 is 2.74 bits per heavy atom. The number of carboxylic acids is 1. The molecule has 0 unspecified atom stereocenters. The Balaban J connectivity index is 1.60. The number of nitrogens with one attached hydrogen (secondary N) is 2. The molecule has 1 aliphatic heterocycles. The molecule has 0 spiro atoms. The summed E-state index contributed by atoms with van der Waals surface area (Å²) in [5.74, 6) is -1.13. The number of nitrogens with zero attached hydrogens (tertiary/aromatic N) is 2. The highest BCUT2D eigenvalue weighted by atomic mass is 35.5. The van der Waals surface area contributed by atoms with Gasteiger partial charge in [-0.25, -0.2) is 4.79 Å². The highest BCUT2D eigenvalue weighted by Gasteiger charge is 2.35. The second kappa shape index (κ2) is 8.14. The minimum absolute atomic E-state index is 0.00754. The summed E-state index contributed by atoms with van der Waals surface area (Å²) in [7, 11) is 0. The lowest BCUT2D eigenvalue weighted by Gasteiger charge is -2.42. The van der Waals surface area contributed by atoms with Gasteiger partial charge in [0.25, 0.3) is 5.91 Å². The number of carbonyl (C=O) groups is 3. The third kappa shape index (κ3) is 4.33. The summed E-state index contributed by atoms with van der Waals surface area (Å²) in [4.78, 5) is 38.8. The Morgan fingerprint density at radius 1 is 1.41 bits per heavy atom. The van der Waals surface area contributed by atoms with Crippen molar-refractivity contribution in [1.82, 2.24) is 15.5 Å². The molecule has 3 amide bonds. The fourth-order valence-corrected chi connectivity index (χ4v) is 3.72. The zero-order valence-electron chi connectivity index (χ0n) is 15.1. The van der Waals surface area contributed by atoms with Gasteiger partial charge in [0.2, 0.25) is 0 Å². The number of carboxylic acid groups (broad SMARTS) is 1. The molecule has 0 bridgehead atoms. The number of benzene rings is 1. The van der Waals surface area contributed by atoms with E-state index >= 15 is 0 Å². The molecule has 1 aliphatic carbocycles. The Bertz CT molecular complexity index is 751. The molecule has 3 rings (SSSR count). The van der Waals surface area contributed by atoms with E-state index in [1.54, 1.807) is 23.1 Å². The van der Waals surface area contributed by atoms with Crippen LogP contribution in [0.2, 0.25) is 5.02 Å². The van der Waals surface area contributed by atoms with Gasteiger partial charge >= 0.3 is 12.0 Å². The Labute approximate surface area is 162 Å². The lowest BCUT2D eigenvalue weighted by atomic mass is 9.85. The number of aliphatic carboxylic acids is 1. The van der Waals surface area contributed by atoms with Gasteiger partial charge in [-0.05, 0) is 37.6 Å². The summed E-state index contributed by atoms with van der Waals surface area (Å²) < 4.78 is 0. The molecule has 1 saturated heterocycles. The first-order valence-corrected chi connectivity index (χ1v) is 9.38. The molecule has 146 valence electrons. The van der Waals surface area contributed by atoms with E-state index in [2.05, 4.69) is 10.6 Å². The van der Waals surface area contributed by atoms with E-state index in [4.69, 9.17) is 16.7 Å². The number of anilines is 1. The molecule has 3 N–H and O–H groups in total. The third-order valence-corrected chi connectivity index (χ3v) is 5.40. The van der Waals surface area contributed by atoms with Crippen molar-refractivity contribution >= 4 is 35.2 Å². The van der Waals surface area contributed by atoms with Crippen LogP contribution in [0.4, 0.5) is 10.5 Å². The number of amides is 3. The monoisotopic (exact) mass is 394 g/mol. The number of urea groups is 1. The minimum atomic E-state index is -0.848. The second-order valence-corrected chi connectivity index (χ2v) is 7.21. The van der Waals surface area contributed by atoms with E-state index in [0.717, 1.165) is 0 Å². The fourth-order valence-electron chi connectivity index (χ4n) is 3.51. The lowest BCUT2D eigenvalue weighted by Crippen LogP contribution is -2.54. The maximum absolute atomic E-state index is 12.6. The molecule has 27 heavy (non-hydrogen) atoms. The predicted octanol–water partition coefficient (Wildman–Crippen LogP) is 1.54. The highest BCUT2D eigenvalue weighted by molar-refractivity contribution is 6.34. The predicted molar refractivity (Wildman–Crippen MR) is 101 cm³/mol. The fraction of sp³-hybridized carbons (Fsp3) is 0.500. The van der Waals surface area contributed by atoms with Gasteiger partial charge in [-0.1, -0.05) is 18.5 Å². The van der Waals surface area contributed by atoms with Crippen LogP contribution in [0.3, 0.4) is 0 Å². The second-order valence-electron chi connectivity index (χ2n) is 6.80. The summed E-state index contributed by atoms with van der Waals surface area (Å²) in [5.41, 5.74) is 0.958. The number of rotatable bonds is 7. The van der Waals surface area contributed by atoms with Crippen molar-refractivity contribution in [3.8, 4) is 0 Å². The maximum atomic E-state index is 12.6. The number of halogens is 1. The molecule has 8 nitrogen and oxygen atoms in total. The Morgan fingerprint density at radius 2 is 2.15 bits per heavy atom. The van der Waals surface area contributed by atoms with Crippen LogP contribution in [-0.4, -0.2) is 66.2 Å². The van der Waals surface area contributed by atoms with Crippen molar-refractivity contribution in [3.05, 3.63) is 28.8 Å². The SMILES string of the molecule is CCN(CC(=O)O)C1CC(NC(=O)c2cc(N3CCNC3=O)ccc2Cl)C1. The van der Waals surface area contributed by atoms with Crippen LogP contribution < -0.4 is 15.5 Å². The lowest BCUT2D eigenvalue weighted by molar-refractivity contribution is -0.139. The average Bonchev–Trinajstić information content (AvgIpc) is 3.02. The Kier molecular flexibility index (Phi) is 5.86. The first-order valence-electron chi connectivity index (χ1n) is 9.00. The van der Waals surface area contributed by atoms with Gasteiger partial charge in [-0.3, -0.25) is 19.4 Å². The third-order valence-electron chi connectivity index (χ3n) is 5.07. The number of likely N-dealkylation sites (N-methyl/N-ethyl adjacent to an activating group) is 1. The zero-order chi connectivity index (χ0) is 19.6. The van der Waals surface area contributed by atoms with Gasteiger partial charge in [0.05, 0.1) is 17.1 Å². The molecule has 2 aliphatic rings. The van der Waals surface area contributed by atoms with E-state index in [9.17, 15) is 14.4 Å². The molecule has 0 aromatic heterocycles. The van der Waals surface area contributed by atoms with E-state index in [-0.39, 0.29) is 30.6 Å². The van der Waals surface area contributed by atoms with Crippen LogP contribution in [0.15, 0.2) is 18.2 Å². The molecule has 1 saturated carbocycles. The molecule has 1 aromatic carbocycles. The standard InChI is InChI=1S/C18H23ClN4O4/c1-2-22(10-16(24)25)13-7-11(8-13)21-17(26)14-9-12(3-4-15(14)19)23-6-5-20-18(23)27/h3-4,9,11,13H,2,5-8,10H2,1H3,(H,20,27)(H,21,26)(H,24,25). The van der Waals surface area contributed by atoms with Gasteiger partial charge in [0.15, 0.2) is 0 Å². The van der Waals surface area contributed by atoms with Crippen molar-refractivity contribution in [2.45, 2.75) is 31.8 Å². The summed E-state index contributed by atoms with van der Waals surface area (Å²) >= 11 is 6.18. The summed E-state index contributed by atoms with van der Waals surface area (Å²) in [6.07, 6.45) is 1.41. The summed E-state index contributed by atoms with van der Waals surface area (Å²) in [6.45, 7) is 3.70. The normalized spacial score (nSPS) is 21.7. The first-order chi connectivity index (χ1) is 12.9. The molecular weight excluding hydrogens is 372 g/mol. The molecule has 9 heteroatoms. The van der Waals surface area contributed by atoms with Gasteiger partial charge < -0.3 is 15.7 Å². The average molecular weight is 395 g/mol. The van der Waals surface area contributed by atoms with Crippen molar-refractivity contribution in [1.29, 1.82) is 0 Å². The van der Waals surface area contributed by atoms with Crippen LogP contribution in [0, 0.1) is 0 Å². The molecule has 2 fully saturated rings. The van der Waals surface area contributed by atoms with Gasteiger partial charge in [0.1, 0.15) is 0 Å². The number of carbonyl (C=O) groups excluding carboxylic acids is 2. The quantitative estimate of drug-likeness (QED) is 0.651. The Hall–Kier alpha value is -2.32. The smallest absolute Gasteiger partial charge is 0.321 e. The zero-order valence-corrected chi connectivity index (χ0v) is 15.8. The molecular formula is C18H23ClN4O4. The van der Waals surface area contributed by atoms with Crippen molar-refractivity contribution < 1.29 is 19.5 Å². The van der Waals surface area contributed by atoms with Gasteiger partial charge in [-0.15, -0.1) is 0 Å². The first kappa shape index (κ1) is 19.4. The van der Waals surface area contributed by atoms with Crippen molar-refractivity contribution in [2.24, 2.45) is 0 Å². The number of hydrogen-bond acceptors (Lipinski definition) is 4. The molecule has 1 aromatic rings. The van der Waals surface area contributed by atoms with E-state index in [1.807, 2.05) is 11.8 Å². The molecule has 0 radical (unpaired) electrons. The van der Waals surface area contributed by atoms with E-state index in [1.165, 1.54) is 0 Å². The van der Waals surface area contributed by atoms with Crippen LogP contribution >= 0.6 is 11.6 Å². The van der Waals surface area contributed by atoms with Crippen molar-refractivity contribution in [2.75, 3.05) is 31.1 Å². The minimum Gasteiger partial charge on any atom is -0.480 e. The summed E-state index contributed by atoms with van der Waals surface area (Å²) in [5, 5.41) is 14.9. The van der Waals surface area contributed by atoms with Gasteiger partial charge in [-0.2, -0.15) is 0 Å². The van der Waals surface area contributed by atoms with Crippen LogP contribution in [0.5, 0.6) is 0 Å². The largest absolute Gasteiger partial charge is 0.480 e. The van der Waals surface area contributed by atoms with Crippen LogP contribution in [-0.2, 0) is 4.79 Å². The van der Waals surface area contributed by atoms with Crippen LogP contribution in [0.25, 0.3) is 0 Å². The maximum Gasteiger partial charge on any atom is 0.321 e. The van der Waals surface area contributed by atoms with Crippen LogP contribution in [0.1, 0.15) is 30.1 Å². The molecule has 0 atom stereocenters. The topological polar surface area (TPSA) is 102 Å². The molecule has 1 heterocycles. The van der Waals surface area contributed by atoms with E-state index in [0.29, 0.717) is 48.7 Å². The highest BCUT2D eigenvalue weighted by Crippen LogP contribution is 2.28. The van der Waals surface area contributed by atoms with E-state index < -0.39 is 5.97 Å². The van der Waals surface area contributed by atoms with Crippen molar-refractivity contribution in [3.63, 3.8) is 0 Å². The number of hydrogen-bond donors (Lipinski definition) is 3.